The molecule has 0 aliphatic carbocycles. The van der Waals surface area contributed by atoms with Gasteiger partial charge in [-0.15, -0.1) is 0 Å². The van der Waals surface area contributed by atoms with Crippen LogP contribution in [0.1, 0.15) is 20.3 Å². The minimum Gasteiger partial charge on any atom is -0.409 e. The molecule has 0 aromatic carbocycles. The maximum absolute atomic E-state index is 11.4. The Hall–Kier alpha value is -1.31. The molecule has 2 atom stereocenters. The Labute approximate surface area is 94.6 Å². The zero-order valence-electron chi connectivity index (χ0n) is 9.47. The first kappa shape index (κ1) is 14.7. The first-order valence-corrected chi connectivity index (χ1v) is 6.59. The van der Waals surface area contributed by atoms with E-state index in [0.717, 1.165) is 6.26 Å². The molecule has 0 fully saturated rings. The molecule has 7 nitrogen and oxygen atoms in total. The Morgan fingerprint density at radius 1 is 1.50 bits per heavy atom. The summed E-state index contributed by atoms with van der Waals surface area (Å²) in [6, 6.07) is -0.396. The van der Waals surface area contributed by atoms with Gasteiger partial charge in [0.15, 0.2) is 9.84 Å². The van der Waals surface area contributed by atoms with Gasteiger partial charge in [0.05, 0.1) is 0 Å². The molecule has 4 N–H and O–H groups in total. The van der Waals surface area contributed by atoms with Gasteiger partial charge in [-0.1, -0.05) is 5.16 Å². The van der Waals surface area contributed by atoms with Crippen LogP contribution in [-0.4, -0.2) is 42.9 Å². The van der Waals surface area contributed by atoms with E-state index in [9.17, 15) is 13.2 Å². The van der Waals surface area contributed by atoms with Crippen molar-refractivity contribution in [2.45, 2.75) is 31.6 Å². The van der Waals surface area contributed by atoms with Crippen LogP contribution in [0.5, 0.6) is 0 Å². The van der Waals surface area contributed by atoms with Gasteiger partial charge >= 0.3 is 0 Å². The van der Waals surface area contributed by atoms with Crippen LogP contribution in [0.3, 0.4) is 0 Å². The van der Waals surface area contributed by atoms with E-state index < -0.39 is 27.0 Å². The quantitative estimate of drug-likeness (QED) is 0.252. The largest absolute Gasteiger partial charge is 0.409 e. The van der Waals surface area contributed by atoms with Crippen molar-refractivity contribution in [1.82, 2.24) is 5.32 Å². The summed E-state index contributed by atoms with van der Waals surface area (Å²) in [5.74, 6) is -0.624. The molecule has 8 heteroatoms. The monoisotopic (exact) mass is 251 g/mol. The Morgan fingerprint density at radius 3 is 2.38 bits per heavy atom. The maximum Gasteiger partial charge on any atom is 0.238 e. The highest BCUT2D eigenvalue weighted by molar-refractivity contribution is 7.92. The third-order valence-electron chi connectivity index (χ3n) is 2.04. The van der Waals surface area contributed by atoms with Crippen LogP contribution in [0.2, 0.25) is 0 Å². The first-order chi connectivity index (χ1) is 7.18. The molecule has 0 saturated heterocycles. The molecular formula is C8H17N3O4S. The number of nitrogens with zero attached hydrogens (tertiary/aromatic N) is 1. The fraction of sp³-hybridized carbons (Fsp3) is 0.750. The number of nitrogens with one attached hydrogen (secondary N) is 1. The number of amides is 1. The second-order valence-electron chi connectivity index (χ2n) is 3.68. The van der Waals surface area contributed by atoms with Crippen molar-refractivity contribution < 1.29 is 18.4 Å². The number of hydrogen-bond acceptors (Lipinski definition) is 5. The van der Waals surface area contributed by atoms with Crippen molar-refractivity contribution in [2.24, 2.45) is 10.9 Å². The van der Waals surface area contributed by atoms with Crippen LogP contribution in [-0.2, 0) is 14.6 Å². The predicted octanol–water partition coefficient (Wildman–Crippen LogP) is -0.939. The van der Waals surface area contributed by atoms with Gasteiger partial charge < -0.3 is 16.3 Å². The zero-order chi connectivity index (χ0) is 12.9. The molecule has 16 heavy (non-hydrogen) atoms. The number of rotatable bonds is 5. The predicted molar refractivity (Wildman–Crippen MR) is 59.9 cm³/mol. The molecule has 0 aromatic heterocycles. The number of sulfone groups is 1. The molecule has 94 valence electrons. The van der Waals surface area contributed by atoms with Crippen LogP contribution in [0, 0.1) is 0 Å². The van der Waals surface area contributed by atoms with E-state index in [0.29, 0.717) is 0 Å². The smallest absolute Gasteiger partial charge is 0.238 e. The van der Waals surface area contributed by atoms with Crippen LogP contribution in [0.25, 0.3) is 0 Å². The average molecular weight is 251 g/mol. The van der Waals surface area contributed by atoms with Crippen LogP contribution >= 0.6 is 0 Å². The fourth-order valence-corrected chi connectivity index (χ4v) is 1.42. The van der Waals surface area contributed by atoms with Gasteiger partial charge in [-0.2, -0.15) is 0 Å². The van der Waals surface area contributed by atoms with Gasteiger partial charge in [-0.05, 0) is 13.8 Å². The molecule has 0 saturated carbocycles. The highest BCUT2D eigenvalue weighted by Crippen LogP contribution is 1.99. The molecule has 0 aromatic rings. The Bertz CT molecular complexity index is 377. The second-order valence-corrected chi connectivity index (χ2v) is 6.04. The fourth-order valence-electron chi connectivity index (χ4n) is 0.960. The number of carbonyl (C=O) groups excluding carboxylic acids is 1. The van der Waals surface area contributed by atoms with Crippen molar-refractivity contribution in [3.8, 4) is 0 Å². The van der Waals surface area contributed by atoms with Gasteiger partial charge in [0.25, 0.3) is 0 Å². The molecule has 0 rings (SSSR count). The summed E-state index contributed by atoms with van der Waals surface area (Å²) in [5.41, 5.74) is 5.24. The Balaban J connectivity index is 4.36. The first-order valence-electron chi connectivity index (χ1n) is 4.64. The number of oxime groups is 1. The summed E-state index contributed by atoms with van der Waals surface area (Å²) >= 11 is 0. The standard InChI is InChI=1S/C8H17N3O4S/c1-5(4-7(9)11-13)10-8(12)6(2)16(3,14)15/h5-6,13H,4H2,1-3H3,(H2,9,11)(H,10,12). The number of nitrogens with two attached hydrogens (primary N) is 1. The summed E-state index contributed by atoms with van der Waals surface area (Å²) < 4.78 is 22.2. The highest BCUT2D eigenvalue weighted by atomic mass is 32.2. The summed E-state index contributed by atoms with van der Waals surface area (Å²) in [6.45, 7) is 2.94. The number of hydrogen-bond donors (Lipinski definition) is 3. The molecule has 0 aliphatic heterocycles. The van der Waals surface area contributed by atoms with Crippen molar-refractivity contribution in [1.29, 1.82) is 0 Å². The minimum atomic E-state index is -3.40. The normalized spacial score (nSPS) is 16.6. The van der Waals surface area contributed by atoms with Gasteiger partial charge in [-0.3, -0.25) is 4.79 Å². The lowest BCUT2D eigenvalue weighted by Crippen LogP contribution is -2.43. The van der Waals surface area contributed by atoms with Gasteiger partial charge in [0, 0.05) is 18.7 Å². The molecule has 1 amide bonds. The van der Waals surface area contributed by atoms with Crippen molar-refractivity contribution >= 4 is 21.6 Å². The van der Waals surface area contributed by atoms with E-state index in [1.54, 1.807) is 6.92 Å². The molecule has 0 aliphatic rings. The lowest BCUT2D eigenvalue weighted by atomic mass is 10.2. The summed E-state index contributed by atoms with van der Waals surface area (Å²) in [5, 5.41) is 12.4. The van der Waals surface area contributed by atoms with Gasteiger partial charge in [0.2, 0.25) is 5.91 Å². The van der Waals surface area contributed by atoms with Crippen LogP contribution < -0.4 is 11.1 Å². The Kier molecular flexibility index (Phi) is 5.22. The third kappa shape index (κ3) is 4.96. The molecule has 0 radical (unpaired) electrons. The molecule has 0 heterocycles. The van der Waals surface area contributed by atoms with Crippen molar-refractivity contribution in [3.63, 3.8) is 0 Å². The van der Waals surface area contributed by atoms with Crippen LogP contribution in [0.15, 0.2) is 5.16 Å². The minimum absolute atomic E-state index is 0.0280. The zero-order valence-corrected chi connectivity index (χ0v) is 10.3. The van der Waals surface area contributed by atoms with E-state index in [4.69, 9.17) is 10.9 Å². The third-order valence-corrected chi connectivity index (χ3v) is 3.54. The lowest BCUT2D eigenvalue weighted by molar-refractivity contribution is -0.120. The van der Waals surface area contributed by atoms with Crippen LogP contribution in [0.4, 0.5) is 0 Å². The number of amidine groups is 1. The molecular weight excluding hydrogens is 234 g/mol. The van der Waals surface area contributed by atoms with E-state index in [-0.39, 0.29) is 12.3 Å². The van der Waals surface area contributed by atoms with Gasteiger partial charge in [-0.25, -0.2) is 8.42 Å². The van der Waals surface area contributed by atoms with E-state index in [1.165, 1.54) is 6.92 Å². The van der Waals surface area contributed by atoms with Crippen molar-refractivity contribution in [3.05, 3.63) is 0 Å². The van der Waals surface area contributed by atoms with Gasteiger partial charge in [0.1, 0.15) is 11.1 Å². The van der Waals surface area contributed by atoms with Crippen molar-refractivity contribution in [2.75, 3.05) is 6.26 Å². The highest BCUT2D eigenvalue weighted by Gasteiger charge is 2.24. The van der Waals surface area contributed by atoms with E-state index in [2.05, 4.69) is 10.5 Å². The maximum atomic E-state index is 11.4. The summed E-state index contributed by atoms with van der Waals surface area (Å²) in [7, 11) is -3.40. The lowest BCUT2D eigenvalue weighted by Gasteiger charge is -2.15. The topological polar surface area (TPSA) is 122 Å². The average Bonchev–Trinajstić information content (AvgIpc) is 2.14. The molecule has 0 spiro atoms. The van der Waals surface area contributed by atoms with E-state index >= 15 is 0 Å². The molecule has 2 unspecified atom stereocenters. The number of carbonyl (C=O) groups is 1. The summed E-state index contributed by atoms with van der Waals surface area (Å²) in [4.78, 5) is 11.4. The Morgan fingerprint density at radius 2 is 2.00 bits per heavy atom. The SMILES string of the molecule is CC(CC(N)=NO)NC(=O)C(C)S(C)(=O)=O. The summed E-state index contributed by atoms with van der Waals surface area (Å²) in [6.07, 6.45) is 1.14. The molecule has 0 bridgehead atoms. The van der Waals surface area contributed by atoms with E-state index in [1.807, 2.05) is 0 Å². The second kappa shape index (κ2) is 5.69.